The molecule has 0 atom stereocenters. The van der Waals surface area contributed by atoms with E-state index >= 15 is 0 Å². The van der Waals surface area contributed by atoms with E-state index in [1.54, 1.807) is 6.08 Å². The van der Waals surface area contributed by atoms with Gasteiger partial charge in [-0.05, 0) is 19.8 Å². The van der Waals surface area contributed by atoms with Crippen LogP contribution in [-0.2, 0) is 9.59 Å². The van der Waals surface area contributed by atoms with E-state index < -0.39 is 5.91 Å². The van der Waals surface area contributed by atoms with E-state index in [0.717, 1.165) is 25.0 Å². The van der Waals surface area contributed by atoms with Crippen LogP contribution in [0.3, 0.4) is 0 Å². The highest BCUT2D eigenvalue weighted by atomic mass is 16.2. The molecule has 0 aliphatic carbocycles. The van der Waals surface area contributed by atoms with Crippen LogP contribution in [0.1, 0.15) is 39.5 Å². The van der Waals surface area contributed by atoms with Crippen molar-refractivity contribution in [1.82, 2.24) is 10.7 Å². The molecule has 0 fully saturated rings. The van der Waals surface area contributed by atoms with Gasteiger partial charge in [-0.1, -0.05) is 19.4 Å². The van der Waals surface area contributed by atoms with Crippen molar-refractivity contribution < 1.29 is 9.59 Å². The Kier molecular flexibility index (Phi) is 8.64. The maximum Gasteiger partial charge on any atom is 0.249 e. The molecule has 0 aliphatic rings. The number of hydrogen-bond acceptors (Lipinski definition) is 3. The van der Waals surface area contributed by atoms with Gasteiger partial charge in [0.2, 0.25) is 11.8 Å². The van der Waals surface area contributed by atoms with E-state index in [2.05, 4.69) is 29.3 Å². The molecule has 96 valence electrons. The highest BCUT2D eigenvalue weighted by Gasteiger charge is 2.07. The first-order valence-corrected chi connectivity index (χ1v) is 5.79. The Hall–Kier alpha value is -1.65. The normalized spacial score (nSPS) is 10.8. The highest BCUT2D eigenvalue weighted by molar-refractivity contribution is 5.97. The van der Waals surface area contributed by atoms with Gasteiger partial charge in [0, 0.05) is 12.3 Å². The number of hydrazone groups is 1. The number of amides is 2. The number of carbonyl (C=O) groups excluding carboxylic acids is 2. The van der Waals surface area contributed by atoms with Crippen LogP contribution in [0.5, 0.6) is 0 Å². The lowest BCUT2D eigenvalue weighted by Crippen LogP contribution is -2.30. The third kappa shape index (κ3) is 9.29. The molecular weight excluding hydrogens is 218 g/mol. The van der Waals surface area contributed by atoms with Crippen LogP contribution in [-0.4, -0.2) is 24.1 Å². The maximum atomic E-state index is 11.3. The molecule has 2 N–H and O–H groups in total. The Labute approximate surface area is 102 Å². The Morgan fingerprint density at radius 2 is 2.06 bits per heavy atom. The first kappa shape index (κ1) is 15.3. The lowest BCUT2D eigenvalue weighted by atomic mass is 10.2. The van der Waals surface area contributed by atoms with Crippen LogP contribution in [0.15, 0.2) is 17.8 Å². The quantitative estimate of drug-likeness (QED) is 0.290. The second-order valence-electron chi connectivity index (χ2n) is 3.76. The molecule has 5 nitrogen and oxygen atoms in total. The van der Waals surface area contributed by atoms with Crippen LogP contribution in [0.2, 0.25) is 0 Å². The van der Waals surface area contributed by atoms with Crippen molar-refractivity contribution in [2.45, 2.75) is 39.5 Å². The summed E-state index contributed by atoms with van der Waals surface area (Å²) >= 11 is 0. The van der Waals surface area contributed by atoms with Gasteiger partial charge in [0.25, 0.3) is 0 Å². The highest BCUT2D eigenvalue weighted by Crippen LogP contribution is 1.95. The van der Waals surface area contributed by atoms with E-state index in [1.807, 2.05) is 6.92 Å². The summed E-state index contributed by atoms with van der Waals surface area (Å²) in [6.45, 7) is 7.78. The number of unbranched alkanes of at least 4 members (excludes halogenated alkanes) is 1. The molecule has 0 aliphatic heterocycles. The molecule has 0 rings (SSSR count). The topological polar surface area (TPSA) is 70.6 Å². The summed E-state index contributed by atoms with van der Waals surface area (Å²) in [5.74, 6) is -0.730. The van der Waals surface area contributed by atoms with Gasteiger partial charge in [-0.15, -0.1) is 6.58 Å². The van der Waals surface area contributed by atoms with Crippen LogP contribution in [0.25, 0.3) is 0 Å². The van der Waals surface area contributed by atoms with Gasteiger partial charge in [-0.25, -0.2) is 5.43 Å². The molecule has 0 saturated heterocycles. The minimum Gasteiger partial charge on any atom is -0.352 e. The number of nitrogens with one attached hydrogen (secondary N) is 2. The summed E-state index contributed by atoms with van der Waals surface area (Å²) in [4.78, 5) is 22.5. The lowest BCUT2D eigenvalue weighted by molar-refractivity contribution is -0.129. The van der Waals surface area contributed by atoms with E-state index in [0.29, 0.717) is 6.54 Å². The monoisotopic (exact) mass is 239 g/mol. The molecular formula is C12H21N3O2. The second-order valence-corrected chi connectivity index (χ2v) is 3.76. The molecule has 0 heterocycles. The van der Waals surface area contributed by atoms with E-state index in [9.17, 15) is 9.59 Å². The minimum absolute atomic E-state index is 0.210. The largest absolute Gasteiger partial charge is 0.352 e. The summed E-state index contributed by atoms with van der Waals surface area (Å²) in [5, 5.41) is 6.43. The number of hydrogen-bond donors (Lipinski definition) is 2. The van der Waals surface area contributed by atoms with Crippen molar-refractivity contribution in [3.05, 3.63) is 12.7 Å². The number of rotatable bonds is 8. The zero-order valence-electron chi connectivity index (χ0n) is 10.6. The average Bonchev–Trinajstić information content (AvgIpc) is 2.31. The fourth-order valence-electron chi connectivity index (χ4n) is 1.08. The Morgan fingerprint density at radius 1 is 1.35 bits per heavy atom. The van der Waals surface area contributed by atoms with Crippen molar-refractivity contribution in [1.29, 1.82) is 0 Å². The Bertz CT molecular complexity index is 298. The third-order valence-electron chi connectivity index (χ3n) is 2.03. The zero-order chi connectivity index (χ0) is 13.1. The van der Waals surface area contributed by atoms with Crippen molar-refractivity contribution in [3.63, 3.8) is 0 Å². The van der Waals surface area contributed by atoms with Gasteiger partial charge in [-0.3, -0.25) is 9.59 Å². The first-order chi connectivity index (χ1) is 8.10. The molecule has 0 aromatic heterocycles. The summed E-state index contributed by atoms with van der Waals surface area (Å²) in [5.41, 5.74) is 3.23. The van der Waals surface area contributed by atoms with E-state index in [4.69, 9.17) is 0 Å². The predicted molar refractivity (Wildman–Crippen MR) is 68.6 cm³/mol. The first-order valence-electron chi connectivity index (χ1n) is 5.79. The fraction of sp³-hybridized carbons (Fsp3) is 0.583. The fourth-order valence-corrected chi connectivity index (χ4v) is 1.08. The second kappa shape index (κ2) is 9.57. The van der Waals surface area contributed by atoms with Gasteiger partial charge in [0.05, 0.1) is 0 Å². The lowest BCUT2D eigenvalue weighted by Gasteiger charge is -2.02. The summed E-state index contributed by atoms with van der Waals surface area (Å²) < 4.78 is 0. The van der Waals surface area contributed by atoms with Crippen molar-refractivity contribution >= 4 is 17.5 Å². The minimum atomic E-state index is -0.401. The van der Waals surface area contributed by atoms with E-state index in [-0.39, 0.29) is 12.3 Å². The smallest absolute Gasteiger partial charge is 0.249 e. The number of nitrogens with zero attached hydrogens (tertiary/aromatic N) is 1. The van der Waals surface area contributed by atoms with Crippen molar-refractivity contribution in [3.8, 4) is 0 Å². The molecule has 0 saturated carbocycles. The maximum absolute atomic E-state index is 11.3. The number of carbonyl (C=O) groups is 2. The Balaban J connectivity index is 3.85. The third-order valence-corrected chi connectivity index (χ3v) is 2.03. The molecule has 2 amide bonds. The van der Waals surface area contributed by atoms with Crippen LogP contribution in [0, 0.1) is 0 Å². The molecule has 5 heteroatoms. The van der Waals surface area contributed by atoms with Gasteiger partial charge < -0.3 is 5.32 Å². The summed E-state index contributed by atoms with van der Waals surface area (Å²) in [7, 11) is 0. The van der Waals surface area contributed by atoms with Crippen molar-refractivity contribution in [2.24, 2.45) is 5.10 Å². The van der Waals surface area contributed by atoms with Gasteiger partial charge in [0.1, 0.15) is 6.42 Å². The standard InChI is InChI=1S/C12H21N3O2/c1-4-6-7-10(3)14-15-12(17)9-11(16)13-8-5-2/h5H,2,4,6-9H2,1,3H3,(H,13,16)(H,15,17)/b14-10-. The van der Waals surface area contributed by atoms with Crippen molar-refractivity contribution in [2.75, 3.05) is 6.54 Å². The van der Waals surface area contributed by atoms with E-state index in [1.165, 1.54) is 0 Å². The van der Waals surface area contributed by atoms with Crippen LogP contribution >= 0.6 is 0 Å². The molecule has 0 bridgehead atoms. The SMILES string of the molecule is C=CCNC(=O)CC(=O)N/N=C(/C)CCCC. The van der Waals surface area contributed by atoms with Crippen LogP contribution in [0.4, 0.5) is 0 Å². The molecule has 0 radical (unpaired) electrons. The van der Waals surface area contributed by atoms with Gasteiger partial charge in [-0.2, -0.15) is 5.10 Å². The molecule has 17 heavy (non-hydrogen) atoms. The molecule has 0 unspecified atom stereocenters. The van der Waals surface area contributed by atoms with Gasteiger partial charge >= 0.3 is 0 Å². The predicted octanol–water partition coefficient (Wildman–Crippen LogP) is 1.36. The molecule has 0 aromatic carbocycles. The summed E-state index contributed by atoms with van der Waals surface area (Å²) in [6, 6.07) is 0. The Morgan fingerprint density at radius 3 is 2.65 bits per heavy atom. The summed E-state index contributed by atoms with van der Waals surface area (Å²) in [6.07, 6.45) is 4.34. The molecule has 0 spiro atoms. The van der Waals surface area contributed by atoms with Crippen LogP contribution < -0.4 is 10.7 Å². The molecule has 0 aromatic rings. The van der Waals surface area contributed by atoms with Gasteiger partial charge in [0.15, 0.2) is 0 Å². The average molecular weight is 239 g/mol. The zero-order valence-corrected chi connectivity index (χ0v) is 10.6.